The second-order valence-electron chi connectivity index (χ2n) is 10.9. The Labute approximate surface area is 170 Å². The first-order chi connectivity index (χ1) is 13.4. The number of Topliss-reactive ketones (excluding diaryl/α,β-unsaturated/α-hetero) is 1. The average Bonchev–Trinajstić information content (AvgIpc) is 3.00. The molecule has 0 N–H and O–H groups in total. The molecule has 0 bridgehead atoms. The van der Waals surface area contributed by atoms with Gasteiger partial charge in [0, 0.05) is 18.3 Å². The topological polar surface area (TPSA) is 26.3 Å². The zero-order valence-corrected chi connectivity index (χ0v) is 17.9. The molecule has 152 valence electrons. The maximum absolute atomic E-state index is 12.1. The zero-order valence-electron chi connectivity index (χ0n) is 17.9. The van der Waals surface area contributed by atoms with Crippen molar-refractivity contribution < 1.29 is 9.53 Å². The van der Waals surface area contributed by atoms with Crippen LogP contribution in [0.25, 0.3) is 0 Å². The predicted octanol–water partition coefficient (Wildman–Crippen LogP) is 6.35. The molecular weight excluding hydrogens is 344 g/mol. The fourth-order valence-corrected chi connectivity index (χ4v) is 7.97. The predicted molar refractivity (Wildman–Crippen MR) is 112 cm³/mol. The summed E-state index contributed by atoms with van der Waals surface area (Å²) in [5.41, 5.74) is 2.02. The SMILES string of the molecule is Cc1ccc(O[C@@H]2CC[C@@H]3[C@H]4CC[C@@H]5CC(=O)CC[C@]5(C)[C@@H]4CC[C@@]32C)cc1. The van der Waals surface area contributed by atoms with Gasteiger partial charge < -0.3 is 4.74 Å². The van der Waals surface area contributed by atoms with E-state index in [1.807, 2.05) is 0 Å². The van der Waals surface area contributed by atoms with E-state index in [0.29, 0.717) is 28.6 Å². The molecule has 4 saturated carbocycles. The molecule has 1 aromatic carbocycles. The van der Waals surface area contributed by atoms with Gasteiger partial charge in [0.1, 0.15) is 17.6 Å². The Bertz CT molecular complexity index is 752. The van der Waals surface area contributed by atoms with Crippen LogP contribution in [0.4, 0.5) is 0 Å². The Morgan fingerprint density at radius 2 is 1.64 bits per heavy atom. The number of ketones is 1. The van der Waals surface area contributed by atoms with Crippen LogP contribution in [0.15, 0.2) is 24.3 Å². The van der Waals surface area contributed by atoms with Crippen LogP contribution >= 0.6 is 0 Å². The van der Waals surface area contributed by atoms with Crippen LogP contribution in [0.2, 0.25) is 0 Å². The summed E-state index contributed by atoms with van der Waals surface area (Å²) in [5, 5.41) is 0. The number of benzene rings is 1. The molecule has 0 aromatic heterocycles. The van der Waals surface area contributed by atoms with E-state index in [4.69, 9.17) is 4.74 Å². The average molecular weight is 381 g/mol. The van der Waals surface area contributed by atoms with E-state index in [9.17, 15) is 4.79 Å². The molecule has 0 saturated heterocycles. The molecule has 4 fully saturated rings. The molecule has 0 heterocycles. The van der Waals surface area contributed by atoms with Gasteiger partial charge in [-0.2, -0.15) is 0 Å². The van der Waals surface area contributed by atoms with Crippen LogP contribution < -0.4 is 4.74 Å². The van der Waals surface area contributed by atoms with E-state index < -0.39 is 0 Å². The van der Waals surface area contributed by atoms with E-state index in [-0.39, 0.29) is 0 Å². The molecule has 0 unspecified atom stereocenters. The van der Waals surface area contributed by atoms with Gasteiger partial charge in [0.25, 0.3) is 0 Å². The smallest absolute Gasteiger partial charge is 0.133 e. The van der Waals surface area contributed by atoms with Crippen molar-refractivity contribution in [3.63, 3.8) is 0 Å². The first-order valence-electron chi connectivity index (χ1n) is 11.7. The summed E-state index contributed by atoms with van der Waals surface area (Å²) < 4.78 is 6.58. The molecule has 4 aliphatic rings. The van der Waals surface area contributed by atoms with E-state index in [1.165, 1.54) is 44.1 Å². The molecule has 1 aromatic rings. The second-order valence-corrected chi connectivity index (χ2v) is 10.9. The number of rotatable bonds is 2. The van der Waals surface area contributed by atoms with Crippen molar-refractivity contribution in [1.82, 2.24) is 0 Å². The summed E-state index contributed by atoms with van der Waals surface area (Å²) in [6.45, 7) is 7.20. The standard InChI is InChI=1S/C26H36O2/c1-17-4-7-20(8-5-17)28-24-11-10-22-21-9-6-18-16-19(27)12-14-25(18,2)23(21)13-15-26(22,24)3/h4-5,7-8,18,21-24H,6,9-16H2,1-3H3/t18-,21-,22-,23-,24-,25+,26+/m1/s1. The number of carbonyl (C=O) groups excluding carboxylic acids is 1. The molecule has 0 radical (unpaired) electrons. The van der Waals surface area contributed by atoms with Crippen molar-refractivity contribution in [2.45, 2.75) is 84.7 Å². The number of ether oxygens (including phenoxy) is 1. The highest BCUT2D eigenvalue weighted by Crippen LogP contribution is 2.66. The van der Waals surface area contributed by atoms with Crippen LogP contribution in [0.5, 0.6) is 5.75 Å². The number of carbonyl (C=O) groups is 1. The molecule has 0 aliphatic heterocycles. The van der Waals surface area contributed by atoms with Gasteiger partial charge in [-0.1, -0.05) is 31.5 Å². The first-order valence-corrected chi connectivity index (χ1v) is 11.7. The van der Waals surface area contributed by atoms with Crippen molar-refractivity contribution in [2.75, 3.05) is 0 Å². The molecule has 7 atom stereocenters. The van der Waals surface area contributed by atoms with Gasteiger partial charge >= 0.3 is 0 Å². The maximum atomic E-state index is 12.1. The second kappa shape index (κ2) is 6.61. The van der Waals surface area contributed by atoms with E-state index >= 15 is 0 Å². The normalized spacial score (nSPS) is 45.1. The van der Waals surface area contributed by atoms with E-state index in [1.54, 1.807) is 0 Å². The fourth-order valence-electron chi connectivity index (χ4n) is 7.97. The third-order valence-electron chi connectivity index (χ3n) is 9.69. The van der Waals surface area contributed by atoms with Crippen LogP contribution in [-0.4, -0.2) is 11.9 Å². The van der Waals surface area contributed by atoms with Crippen molar-refractivity contribution >= 4 is 5.78 Å². The highest BCUT2D eigenvalue weighted by Gasteiger charge is 2.60. The third-order valence-corrected chi connectivity index (χ3v) is 9.69. The summed E-state index contributed by atoms with van der Waals surface area (Å²) in [4.78, 5) is 12.1. The van der Waals surface area contributed by atoms with Gasteiger partial charge in [-0.3, -0.25) is 4.79 Å². The van der Waals surface area contributed by atoms with Gasteiger partial charge in [-0.25, -0.2) is 0 Å². The lowest BCUT2D eigenvalue weighted by Gasteiger charge is -2.60. The van der Waals surface area contributed by atoms with E-state index in [2.05, 4.69) is 45.0 Å². The van der Waals surface area contributed by atoms with Crippen molar-refractivity contribution in [2.24, 2.45) is 34.5 Å². The summed E-state index contributed by atoms with van der Waals surface area (Å²) in [5.74, 6) is 4.70. The first kappa shape index (κ1) is 18.7. The minimum atomic E-state index is 0.319. The van der Waals surface area contributed by atoms with Gasteiger partial charge in [0.05, 0.1) is 0 Å². The molecular formula is C26H36O2. The maximum Gasteiger partial charge on any atom is 0.133 e. The highest BCUT2D eigenvalue weighted by molar-refractivity contribution is 5.79. The minimum Gasteiger partial charge on any atom is -0.490 e. The fraction of sp³-hybridized carbons (Fsp3) is 0.731. The lowest BCUT2D eigenvalue weighted by atomic mass is 9.45. The summed E-state index contributed by atoms with van der Waals surface area (Å²) in [6, 6.07) is 8.60. The van der Waals surface area contributed by atoms with Crippen LogP contribution in [0.3, 0.4) is 0 Å². The van der Waals surface area contributed by atoms with Crippen molar-refractivity contribution in [3.05, 3.63) is 29.8 Å². The Morgan fingerprint density at radius 1 is 0.893 bits per heavy atom. The largest absolute Gasteiger partial charge is 0.490 e. The van der Waals surface area contributed by atoms with Crippen LogP contribution in [0, 0.1) is 41.4 Å². The van der Waals surface area contributed by atoms with Gasteiger partial charge in [0.2, 0.25) is 0 Å². The Balaban J connectivity index is 1.36. The van der Waals surface area contributed by atoms with Crippen LogP contribution in [-0.2, 0) is 4.79 Å². The highest BCUT2D eigenvalue weighted by atomic mass is 16.5. The summed E-state index contributed by atoms with van der Waals surface area (Å²) in [6.07, 6.45) is 11.0. The van der Waals surface area contributed by atoms with Gasteiger partial charge in [-0.15, -0.1) is 0 Å². The molecule has 4 aliphatic carbocycles. The quantitative estimate of drug-likeness (QED) is 0.597. The number of hydrogen-bond acceptors (Lipinski definition) is 2. The molecule has 2 heteroatoms. The van der Waals surface area contributed by atoms with Crippen molar-refractivity contribution in [3.8, 4) is 5.75 Å². The monoisotopic (exact) mass is 380 g/mol. The number of fused-ring (bicyclic) bond motifs is 5. The van der Waals surface area contributed by atoms with Crippen molar-refractivity contribution in [1.29, 1.82) is 0 Å². The molecule has 28 heavy (non-hydrogen) atoms. The van der Waals surface area contributed by atoms with Gasteiger partial charge in [-0.05, 0) is 93.1 Å². The molecule has 5 rings (SSSR count). The Kier molecular flexibility index (Phi) is 4.41. The lowest BCUT2D eigenvalue weighted by molar-refractivity contribution is -0.141. The number of hydrogen-bond donors (Lipinski definition) is 0. The Morgan fingerprint density at radius 3 is 2.43 bits per heavy atom. The third kappa shape index (κ3) is 2.77. The molecule has 2 nitrogen and oxygen atoms in total. The Hall–Kier alpha value is -1.31. The number of aryl methyl sites for hydroxylation is 1. The minimum absolute atomic E-state index is 0.319. The molecule has 0 amide bonds. The van der Waals surface area contributed by atoms with Crippen LogP contribution in [0.1, 0.15) is 77.2 Å². The van der Waals surface area contributed by atoms with E-state index in [0.717, 1.165) is 42.8 Å². The molecule has 0 spiro atoms. The summed E-state index contributed by atoms with van der Waals surface area (Å²) in [7, 11) is 0. The summed E-state index contributed by atoms with van der Waals surface area (Å²) >= 11 is 0. The zero-order chi connectivity index (χ0) is 19.5. The van der Waals surface area contributed by atoms with Gasteiger partial charge in [0.15, 0.2) is 0 Å². The lowest BCUT2D eigenvalue weighted by Crippen LogP contribution is -2.54.